The Bertz CT molecular complexity index is 553. The van der Waals surface area contributed by atoms with Gasteiger partial charge < -0.3 is 4.74 Å². The summed E-state index contributed by atoms with van der Waals surface area (Å²) >= 11 is 0. The summed E-state index contributed by atoms with van der Waals surface area (Å²) in [5.74, 6) is 0.706. The molecule has 2 aromatic rings. The minimum absolute atomic E-state index is 0.0756. The van der Waals surface area contributed by atoms with E-state index in [1.54, 1.807) is 12.4 Å². The van der Waals surface area contributed by atoms with Crippen LogP contribution in [0.3, 0.4) is 0 Å². The highest BCUT2D eigenvalue weighted by Gasteiger charge is 1.92. The van der Waals surface area contributed by atoms with E-state index in [1.807, 2.05) is 54.6 Å². The van der Waals surface area contributed by atoms with Gasteiger partial charge in [0, 0.05) is 12.4 Å². The van der Waals surface area contributed by atoms with Crippen molar-refractivity contribution in [2.24, 2.45) is 0 Å². The van der Waals surface area contributed by atoms with Crippen molar-refractivity contribution in [3.8, 4) is 11.8 Å². The molecule has 1 aromatic carbocycles. The van der Waals surface area contributed by atoms with Gasteiger partial charge in [0.1, 0.15) is 11.8 Å². The van der Waals surface area contributed by atoms with Crippen LogP contribution in [0.1, 0.15) is 11.1 Å². The molecule has 0 amide bonds. The highest BCUT2D eigenvalue weighted by Crippen LogP contribution is 2.14. The van der Waals surface area contributed by atoms with Crippen molar-refractivity contribution in [1.82, 2.24) is 4.98 Å². The van der Waals surface area contributed by atoms with E-state index < -0.39 is 0 Å². The first-order valence-corrected chi connectivity index (χ1v) is 5.56. The van der Waals surface area contributed by atoms with Crippen LogP contribution in [0.25, 0.3) is 12.2 Å². The molecule has 1 aromatic heterocycles. The molecule has 0 saturated heterocycles. The Labute approximate surface area is 106 Å². The zero-order chi connectivity index (χ0) is 12.6. The molecule has 0 aliphatic heterocycles. The third kappa shape index (κ3) is 3.46. The molecular formula is C15H12N2O. The van der Waals surface area contributed by atoms with Crippen LogP contribution in [0.5, 0.6) is 5.75 Å². The van der Waals surface area contributed by atoms with Crippen molar-refractivity contribution in [1.29, 1.82) is 5.26 Å². The molecule has 0 atom stereocenters. The second kappa shape index (κ2) is 6.21. The molecule has 0 aliphatic carbocycles. The first-order chi connectivity index (χ1) is 8.88. The average Bonchev–Trinajstić information content (AvgIpc) is 2.45. The second-order valence-electron chi connectivity index (χ2n) is 3.63. The van der Waals surface area contributed by atoms with E-state index in [4.69, 9.17) is 10.00 Å². The fourth-order valence-electron chi connectivity index (χ4n) is 1.46. The Morgan fingerprint density at radius 2 is 1.61 bits per heavy atom. The number of aromatic nitrogens is 1. The van der Waals surface area contributed by atoms with Gasteiger partial charge >= 0.3 is 0 Å². The summed E-state index contributed by atoms with van der Waals surface area (Å²) in [6.45, 7) is 0.0756. The predicted molar refractivity (Wildman–Crippen MR) is 70.7 cm³/mol. The molecule has 0 N–H and O–H groups in total. The summed E-state index contributed by atoms with van der Waals surface area (Å²) in [5.41, 5.74) is 2.19. The smallest absolute Gasteiger partial charge is 0.174 e. The van der Waals surface area contributed by atoms with Crippen LogP contribution in [0.2, 0.25) is 0 Å². The van der Waals surface area contributed by atoms with Gasteiger partial charge in [-0.2, -0.15) is 5.26 Å². The molecule has 18 heavy (non-hydrogen) atoms. The zero-order valence-corrected chi connectivity index (χ0v) is 9.78. The summed E-state index contributed by atoms with van der Waals surface area (Å²) in [5, 5.41) is 8.40. The van der Waals surface area contributed by atoms with Crippen LogP contribution in [-0.2, 0) is 0 Å². The van der Waals surface area contributed by atoms with Crippen molar-refractivity contribution in [2.45, 2.75) is 0 Å². The SMILES string of the molecule is N#CCOc1ccc(/C=C/c2ccncc2)cc1. The Morgan fingerprint density at radius 1 is 1.00 bits per heavy atom. The molecule has 1 heterocycles. The molecule has 0 radical (unpaired) electrons. The minimum Gasteiger partial charge on any atom is -0.479 e. The summed E-state index contributed by atoms with van der Waals surface area (Å²) in [7, 11) is 0. The van der Waals surface area contributed by atoms with Crippen molar-refractivity contribution in [2.75, 3.05) is 6.61 Å². The van der Waals surface area contributed by atoms with E-state index in [-0.39, 0.29) is 6.61 Å². The van der Waals surface area contributed by atoms with Gasteiger partial charge in [-0.05, 0) is 35.4 Å². The molecule has 3 nitrogen and oxygen atoms in total. The van der Waals surface area contributed by atoms with Crippen molar-refractivity contribution in [3.63, 3.8) is 0 Å². The van der Waals surface area contributed by atoms with E-state index in [0.29, 0.717) is 5.75 Å². The van der Waals surface area contributed by atoms with Crippen LogP contribution < -0.4 is 4.74 Å². The lowest BCUT2D eigenvalue weighted by atomic mass is 10.1. The van der Waals surface area contributed by atoms with Gasteiger partial charge in [0.2, 0.25) is 0 Å². The van der Waals surface area contributed by atoms with E-state index in [2.05, 4.69) is 4.98 Å². The lowest BCUT2D eigenvalue weighted by Crippen LogP contribution is -1.92. The molecule has 2 rings (SSSR count). The maximum absolute atomic E-state index is 8.40. The second-order valence-corrected chi connectivity index (χ2v) is 3.63. The fourth-order valence-corrected chi connectivity index (χ4v) is 1.46. The summed E-state index contributed by atoms with van der Waals surface area (Å²) in [6.07, 6.45) is 7.56. The quantitative estimate of drug-likeness (QED) is 0.819. The highest BCUT2D eigenvalue weighted by atomic mass is 16.5. The first kappa shape index (κ1) is 11.9. The van der Waals surface area contributed by atoms with Crippen LogP contribution >= 0.6 is 0 Å². The molecule has 0 fully saturated rings. The summed E-state index contributed by atoms with van der Waals surface area (Å²) in [6, 6.07) is 13.4. The van der Waals surface area contributed by atoms with Gasteiger partial charge in [0.25, 0.3) is 0 Å². The number of nitrogens with zero attached hydrogens (tertiary/aromatic N) is 2. The number of hydrogen-bond acceptors (Lipinski definition) is 3. The number of benzene rings is 1. The van der Waals surface area contributed by atoms with Crippen molar-refractivity contribution < 1.29 is 4.74 Å². The van der Waals surface area contributed by atoms with Crippen LogP contribution in [0, 0.1) is 11.3 Å². The lowest BCUT2D eigenvalue weighted by Gasteiger charge is -2.01. The van der Waals surface area contributed by atoms with Crippen LogP contribution in [0.4, 0.5) is 0 Å². The first-order valence-electron chi connectivity index (χ1n) is 5.56. The Morgan fingerprint density at radius 3 is 2.22 bits per heavy atom. The number of ether oxygens (including phenoxy) is 1. The van der Waals surface area contributed by atoms with Gasteiger partial charge in [0.15, 0.2) is 6.61 Å². The summed E-state index contributed by atoms with van der Waals surface area (Å²) < 4.78 is 5.18. The Hall–Kier alpha value is -2.60. The Balaban J connectivity index is 2.02. The maximum atomic E-state index is 8.40. The average molecular weight is 236 g/mol. The Kier molecular flexibility index (Phi) is 4.10. The normalized spacial score (nSPS) is 10.2. The van der Waals surface area contributed by atoms with Gasteiger partial charge in [-0.15, -0.1) is 0 Å². The molecule has 0 spiro atoms. The van der Waals surface area contributed by atoms with Gasteiger partial charge in [-0.1, -0.05) is 24.3 Å². The van der Waals surface area contributed by atoms with Gasteiger partial charge in [-0.3, -0.25) is 4.98 Å². The predicted octanol–water partition coefficient (Wildman–Crippen LogP) is 3.15. The van der Waals surface area contributed by atoms with E-state index in [1.165, 1.54) is 0 Å². The van der Waals surface area contributed by atoms with E-state index in [0.717, 1.165) is 11.1 Å². The third-order valence-electron chi connectivity index (χ3n) is 2.36. The molecule has 0 unspecified atom stereocenters. The minimum atomic E-state index is 0.0756. The topological polar surface area (TPSA) is 45.9 Å². The number of hydrogen-bond donors (Lipinski definition) is 0. The van der Waals surface area contributed by atoms with Crippen molar-refractivity contribution >= 4 is 12.2 Å². The molecular weight excluding hydrogens is 224 g/mol. The largest absolute Gasteiger partial charge is 0.479 e. The third-order valence-corrected chi connectivity index (χ3v) is 2.36. The maximum Gasteiger partial charge on any atom is 0.174 e. The van der Waals surface area contributed by atoms with Gasteiger partial charge in [-0.25, -0.2) is 0 Å². The molecule has 88 valence electrons. The summed E-state index contributed by atoms with van der Waals surface area (Å²) in [4.78, 5) is 3.96. The van der Waals surface area contributed by atoms with E-state index in [9.17, 15) is 0 Å². The monoisotopic (exact) mass is 236 g/mol. The van der Waals surface area contributed by atoms with Crippen LogP contribution in [-0.4, -0.2) is 11.6 Å². The lowest BCUT2D eigenvalue weighted by molar-refractivity contribution is 0.368. The van der Waals surface area contributed by atoms with Gasteiger partial charge in [0.05, 0.1) is 0 Å². The molecule has 3 heteroatoms. The number of pyridine rings is 1. The van der Waals surface area contributed by atoms with Crippen LogP contribution in [0.15, 0.2) is 48.8 Å². The molecule has 0 bridgehead atoms. The van der Waals surface area contributed by atoms with Crippen molar-refractivity contribution in [3.05, 3.63) is 59.9 Å². The molecule has 0 saturated carbocycles. The molecule has 0 aliphatic rings. The number of rotatable bonds is 4. The standard InChI is InChI=1S/C15H12N2O/c16-9-12-18-15-5-3-13(4-6-15)1-2-14-7-10-17-11-8-14/h1-8,10-11H,12H2/b2-1+. The number of nitriles is 1. The van der Waals surface area contributed by atoms with E-state index >= 15 is 0 Å². The zero-order valence-electron chi connectivity index (χ0n) is 9.78. The highest BCUT2D eigenvalue weighted by molar-refractivity contribution is 5.69. The fraction of sp³-hybridized carbons (Fsp3) is 0.0667.